The first kappa shape index (κ1) is 39.6. The molecule has 0 aromatic carbocycles. The predicted molar refractivity (Wildman–Crippen MR) is 177 cm³/mol. The highest BCUT2D eigenvalue weighted by Crippen LogP contribution is 2.23. The van der Waals surface area contributed by atoms with Crippen LogP contribution in [0.25, 0.3) is 0 Å². The molecule has 2 amide bonds. The van der Waals surface area contributed by atoms with E-state index in [1.165, 1.54) is 12.4 Å². The highest BCUT2D eigenvalue weighted by molar-refractivity contribution is 5.75. The third kappa shape index (κ3) is 11.2. The van der Waals surface area contributed by atoms with E-state index in [1.807, 2.05) is 0 Å². The van der Waals surface area contributed by atoms with E-state index >= 15 is 0 Å². The lowest BCUT2D eigenvalue weighted by Crippen LogP contribution is -2.61. The van der Waals surface area contributed by atoms with Crippen molar-refractivity contribution in [3.8, 4) is 0 Å². The van der Waals surface area contributed by atoms with Crippen molar-refractivity contribution in [1.82, 2.24) is 40.6 Å². The van der Waals surface area contributed by atoms with E-state index < -0.39 is 72.9 Å². The average Bonchev–Trinajstić information content (AvgIpc) is 3.77. The van der Waals surface area contributed by atoms with Gasteiger partial charge in [0, 0.05) is 37.3 Å². The van der Waals surface area contributed by atoms with E-state index in [2.05, 4.69) is 31.3 Å². The van der Waals surface area contributed by atoms with Gasteiger partial charge in [0.2, 0.25) is 0 Å². The maximum Gasteiger partial charge on any atom is 0.343 e. The molecule has 0 unspecified atom stereocenters. The molecule has 4 rings (SSSR count). The molecular formula is C30H54N12O8. The Labute approximate surface area is 290 Å². The molecule has 0 saturated heterocycles. The van der Waals surface area contributed by atoms with Crippen molar-refractivity contribution >= 4 is 12.1 Å². The van der Waals surface area contributed by atoms with Crippen molar-refractivity contribution in [2.45, 2.75) is 138 Å². The van der Waals surface area contributed by atoms with Crippen LogP contribution < -0.4 is 33.6 Å². The number of nitrogens with zero attached hydrogens (tertiary/aromatic N) is 6. The normalized spacial score (nSPS) is 29.9. The van der Waals surface area contributed by atoms with Gasteiger partial charge in [-0.15, -0.1) is 10.2 Å². The molecule has 0 bridgehead atoms. The number of ether oxygens (including phenoxy) is 2. The van der Waals surface area contributed by atoms with E-state index in [9.17, 15) is 30.0 Å². The number of hydrogen-bond acceptors (Lipinski definition) is 16. The van der Waals surface area contributed by atoms with Gasteiger partial charge in [-0.25, -0.2) is 9.59 Å². The number of amides is 2. The summed E-state index contributed by atoms with van der Waals surface area (Å²) in [6.07, 6.45) is 5.04. The number of rotatable bonds is 17. The summed E-state index contributed by atoms with van der Waals surface area (Å²) in [6, 6.07) is -3.13. The molecule has 14 N–H and O–H groups in total. The lowest BCUT2D eigenvalue weighted by Gasteiger charge is -2.39. The molecule has 2 fully saturated rings. The van der Waals surface area contributed by atoms with Crippen molar-refractivity contribution in [2.75, 3.05) is 13.1 Å². The number of nitrogens with one attached hydrogen (secondary N) is 2. The Morgan fingerprint density at radius 3 is 1.36 bits per heavy atom. The molecule has 2 aliphatic rings. The third-order valence-electron chi connectivity index (χ3n) is 9.18. The summed E-state index contributed by atoms with van der Waals surface area (Å²) in [6.45, 7) is 0.940. The summed E-state index contributed by atoms with van der Waals surface area (Å²) in [5, 5.41) is 61.5. The second-order valence-electron chi connectivity index (χ2n) is 13.2. The average molecular weight is 711 g/mol. The van der Waals surface area contributed by atoms with Crippen LogP contribution in [0.1, 0.15) is 75.6 Å². The Balaban J connectivity index is 0.975. The fraction of sp³-hybridized carbons (Fsp3) is 0.800. The fourth-order valence-corrected chi connectivity index (χ4v) is 6.18. The van der Waals surface area contributed by atoms with Gasteiger partial charge in [0.15, 0.2) is 0 Å². The zero-order valence-electron chi connectivity index (χ0n) is 28.2. The smallest absolute Gasteiger partial charge is 0.343 e. The molecule has 282 valence electrons. The number of hydrogen-bond donors (Lipinski definition) is 10. The number of carbonyl (C=O) groups is 2. The van der Waals surface area contributed by atoms with E-state index in [1.54, 1.807) is 0 Å². The minimum Gasteiger partial charge on any atom is -0.389 e. The number of aliphatic hydroxyl groups is 4. The van der Waals surface area contributed by atoms with E-state index in [0.717, 1.165) is 60.7 Å². The lowest BCUT2D eigenvalue weighted by molar-refractivity contribution is -0.132. The zero-order chi connectivity index (χ0) is 36.2. The van der Waals surface area contributed by atoms with Gasteiger partial charge in [-0.05, 0) is 25.7 Å². The Morgan fingerprint density at radius 2 is 0.980 bits per heavy atom. The first-order valence-corrected chi connectivity index (χ1v) is 17.3. The maximum absolute atomic E-state index is 12.4. The summed E-state index contributed by atoms with van der Waals surface area (Å²) in [5.74, 6) is 0. The first-order chi connectivity index (χ1) is 24.0. The highest BCUT2D eigenvalue weighted by Gasteiger charge is 2.42. The summed E-state index contributed by atoms with van der Waals surface area (Å²) in [7, 11) is 0. The summed E-state index contributed by atoms with van der Waals surface area (Å²) < 4.78 is 13.5. The van der Waals surface area contributed by atoms with Crippen LogP contribution in [-0.4, -0.2) is 136 Å². The minimum atomic E-state index is -1.22. The molecule has 20 heteroatoms. The zero-order valence-corrected chi connectivity index (χ0v) is 28.2. The molecule has 2 aromatic rings. The third-order valence-corrected chi connectivity index (χ3v) is 9.18. The standard InChI is InChI=1S/C30H54N12O8/c31-19-11-21(33)27(25(45)23(19)43)49-15-17-13-41(39-37-17)29(47)35-9-7-5-3-1-2-4-6-8-10-36-30(48)42-14-18(38-40-42)16-50-28-22(34)12-20(32)24(44)26(28)46/h13-14,19-28,43-46H,1-12,15-16,31-34H2,(H,35,47)(H,36,48)/t19-,20-,21+,22+,23+,24+,25-,26-,27-,28-/m1/s1. The molecular weight excluding hydrogens is 656 g/mol. The molecule has 0 spiro atoms. The van der Waals surface area contributed by atoms with Crippen molar-refractivity contribution in [1.29, 1.82) is 0 Å². The molecule has 2 heterocycles. The van der Waals surface area contributed by atoms with Crippen LogP contribution in [0.2, 0.25) is 0 Å². The second kappa shape index (κ2) is 19.4. The Hall–Kier alpha value is -3.18. The minimum absolute atomic E-state index is 0.0331. The maximum atomic E-state index is 12.4. The fourth-order valence-electron chi connectivity index (χ4n) is 6.18. The van der Waals surface area contributed by atoms with E-state index in [0.29, 0.717) is 37.3 Å². The topological polar surface area (TPSA) is 323 Å². The van der Waals surface area contributed by atoms with Gasteiger partial charge in [0.25, 0.3) is 0 Å². The highest BCUT2D eigenvalue weighted by atomic mass is 16.5. The number of aromatic nitrogens is 6. The van der Waals surface area contributed by atoms with Crippen molar-refractivity contribution in [2.24, 2.45) is 22.9 Å². The van der Waals surface area contributed by atoms with Gasteiger partial charge in [-0.1, -0.05) is 49.0 Å². The van der Waals surface area contributed by atoms with Crippen LogP contribution in [0, 0.1) is 0 Å². The van der Waals surface area contributed by atoms with Gasteiger partial charge in [-0.3, -0.25) is 0 Å². The van der Waals surface area contributed by atoms with Crippen LogP contribution in [0.4, 0.5) is 9.59 Å². The summed E-state index contributed by atoms with van der Waals surface area (Å²) in [4.78, 5) is 24.8. The van der Waals surface area contributed by atoms with Crippen molar-refractivity contribution in [3.63, 3.8) is 0 Å². The monoisotopic (exact) mass is 710 g/mol. The van der Waals surface area contributed by atoms with Gasteiger partial charge >= 0.3 is 12.1 Å². The number of unbranched alkanes of at least 4 members (excludes halogenated alkanes) is 7. The van der Waals surface area contributed by atoms with Crippen molar-refractivity contribution in [3.05, 3.63) is 23.8 Å². The Bertz CT molecular complexity index is 1230. The largest absolute Gasteiger partial charge is 0.389 e. The molecule has 2 aliphatic carbocycles. The lowest BCUT2D eigenvalue weighted by atomic mass is 9.85. The molecule has 50 heavy (non-hydrogen) atoms. The number of carbonyl (C=O) groups excluding carboxylic acids is 2. The van der Waals surface area contributed by atoms with Crippen LogP contribution in [0.3, 0.4) is 0 Å². The summed E-state index contributed by atoms with van der Waals surface area (Å²) in [5.41, 5.74) is 24.3. The molecule has 2 aromatic heterocycles. The molecule has 10 atom stereocenters. The van der Waals surface area contributed by atoms with Gasteiger partial charge in [0.05, 0.1) is 37.8 Å². The van der Waals surface area contributed by atoms with Gasteiger partial charge in [0.1, 0.15) is 35.8 Å². The van der Waals surface area contributed by atoms with Crippen LogP contribution in [-0.2, 0) is 22.7 Å². The molecule has 0 aliphatic heterocycles. The molecule has 0 radical (unpaired) electrons. The molecule has 2 saturated carbocycles. The quantitative estimate of drug-likeness (QED) is 0.0738. The van der Waals surface area contributed by atoms with Gasteiger partial charge < -0.3 is 63.5 Å². The van der Waals surface area contributed by atoms with E-state index in [4.69, 9.17) is 32.4 Å². The molecule has 20 nitrogen and oxygen atoms in total. The Kier molecular flexibility index (Phi) is 15.4. The van der Waals surface area contributed by atoms with Crippen LogP contribution >= 0.6 is 0 Å². The summed E-state index contributed by atoms with van der Waals surface area (Å²) >= 11 is 0. The Morgan fingerprint density at radius 1 is 0.620 bits per heavy atom. The number of nitrogens with two attached hydrogens (primary N) is 4. The first-order valence-electron chi connectivity index (χ1n) is 17.3. The van der Waals surface area contributed by atoms with Crippen LogP contribution in [0.15, 0.2) is 12.4 Å². The second-order valence-corrected chi connectivity index (χ2v) is 13.2. The SMILES string of the molecule is N[C@@H]1C[C@H](N)[C@@H](OCc2cn(C(=O)NCCCCCCCCCCNC(=O)n3cc(CO[C@H]4[C@H](O)[C@@H](O)[C@H](N)C[C@@H]4N)nn3)nn2)[C@H](O)[C@H]1O. The predicted octanol–water partition coefficient (Wildman–Crippen LogP) is -2.86. The van der Waals surface area contributed by atoms with Crippen LogP contribution in [0.5, 0.6) is 0 Å². The number of aliphatic hydroxyl groups excluding tert-OH is 4. The van der Waals surface area contributed by atoms with E-state index in [-0.39, 0.29) is 13.2 Å². The van der Waals surface area contributed by atoms with Crippen molar-refractivity contribution < 1.29 is 39.5 Å². The van der Waals surface area contributed by atoms with Gasteiger partial charge in [-0.2, -0.15) is 9.36 Å².